The van der Waals surface area contributed by atoms with Crippen molar-refractivity contribution in [3.8, 4) is 0 Å². The molecule has 5 nitrogen and oxygen atoms in total. The fourth-order valence-corrected chi connectivity index (χ4v) is 3.26. The molecule has 1 unspecified atom stereocenters. The molecular weight excluding hydrogens is 338 g/mol. The Morgan fingerprint density at radius 1 is 1.30 bits per heavy atom. The number of nitrogens with zero attached hydrogens (tertiary/aromatic N) is 2. The number of likely N-dealkylation sites (tertiary alicyclic amines) is 1. The molecule has 2 aliphatic rings. The van der Waals surface area contributed by atoms with Crippen LogP contribution >= 0.6 is 0 Å². The normalized spacial score (nSPS) is 19.1. The summed E-state index contributed by atoms with van der Waals surface area (Å²) >= 11 is 0. The summed E-state index contributed by atoms with van der Waals surface area (Å²) in [6.07, 6.45) is 6.42. The van der Waals surface area contributed by atoms with Crippen LogP contribution in [-0.4, -0.2) is 61.5 Å². The maximum Gasteiger partial charge on any atom is 0.194 e. The van der Waals surface area contributed by atoms with Gasteiger partial charge in [-0.2, -0.15) is 0 Å². The van der Waals surface area contributed by atoms with Gasteiger partial charge in [0.05, 0.1) is 19.3 Å². The number of piperidine rings is 1. The van der Waals surface area contributed by atoms with Crippen LogP contribution in [0.25, 0.3) is 6.08 Å². The molecule has 0 spiro atoms. The highest BCUT2D eigenvalue weighted by Crippen LogP contribution is 2.28. The molecule has 0 bridgehead atoms. The quantitative estimate of drug-likeness (QED) is 0.545. The van der Waals surface area contributed by atoms with Crippen LogP contribution in [0, 0.1) is 5.92 Å². The summed E-state index contributed by atoms with van der Waals surface area (Å²) < 4.78 is 5.57. The van der Waals surface area contributed by atoms with E-state index in [2.05, 4.69) is 58.5 Å². The van der Waals surface area contributed by atoms with Crippen LogP contribution in [0.1, 0.15) is 38.2 Å². The summed E-state index contributed by atoms with van der Waals surface area (Å²) in [4.78, 5) is 6.94. The molecule has 2 fully saturated rings. The van der Waals surface area contributed by atoms with Crippen molar-refractivity contribution in [2.75, 3.05) is 39.4 Å². The van der Waals surface area contributed by atoms with Gasteiger partial charge in [-0.05, 0) is 44.1 Å². The summed E-state index contributed by atoms with van der Waals surface area (Å²) in [5.41, 5.74) is 2.76. The van der Waals surface area contributed by atoms with Gasteiger partial charge in [0.1, 0.15) is 0 Å². The molecule has 1 aromatic carbocycles. The van der Waals surface area contributed by atoms with E-state index in [0.29, 0.717) is 13.2 Å². The average Bonchev–Trinajstić information content (AvgIpc) is 3.51. The van der Waals surface area contributed by atoms with E-state index in [1.807, 2.05) is 0 Å². The van der Waals surface area contributed by atoms with Gasteiger partial charge in [-0.1, -0.05) is 42.0 Å². The van der Waals surface area contributed by atoms with Crippen molar-refractivity contribution in [2.45, 2.75) is 38.7 Å². The second-order valence-corrected chi connectivity index (χ2v) is 7.53. The third kappa shape index (κ3) is 7.00. The Bertz CT molecular complexity index is 616. The number of benzene rings is 1. The number of aliphatic imine (C=N–C) groups is 1. The SMILES string of the molecule is CCNC(=NCC(O)COCC1CC1)N1CCC(=Cc2ccccc2)CC1. The topological polar surface area (TPSA) is 57.1 Å². The number of nitrogens with one attached hydrogen (secondary N) is 1. The largest absolute Gasteiger partial charge is 0.389 e. The maximum absolute atomic E-state index is 10.1. The summed E-state index contributed by atoms with van der Waals surface area (Å²) in [6.45, 7) is 6.37. The average molecular weight is 372 g/mol. The Morgan fingerprint density at radius 2 is 2.04 bits per heavy atom. The summed E-state index contributed by atoms with van der Waals surface area (Å²) in [6, 6.07) is 10.5. The van der Waals surface area contributed by atoms with E-state index in [0.717, 1.165) is 51.0 Å². The molecule has 0 amide bonds. The van der Waals surface area contributed by atoms with Gasteiger partial charge in [-0.3, -0.25) is 4.99 Å². The van der Waals surface area contributed by atoms with Gasteiger partial charge in [0.2, 0.25) is 0 Å². The molecule has 1 heterocycles. The number of aliphatic hydroxyl groups is 1. The number of ether oxygens (including phenoxy) is 1. The van der Waals surface area contributed by atoms with Crippen molar-refractivity contribution in [3.05, 3.63) is 41.5 Å². The van der Waals surface area contributed by atoms with Crippen LogP contribution < -0.4 is 5.32 Å². The molecule has 1 saturated carbocycles. The van der Waals surface area contributed by atoms with Gasteiger partial charge in [0, 0.05) is 26.2 Å². The molecule has 3 rings (SSSR count). The van der Waals surface area contributed by atoms with E-state index in [-0.39, 0.29) is 0 Å². The maximum atomic E-state index is 10.1. The molecule has 1 aromatic rings. The van der Waals surface area contributed by atoms with E-state index < -0.39 is 6.10 Å². The molecule has 5 heteroatoms. The van der Waals surface area contributed by atoms with Crippen LogP contribution in [0.4, 0.5) is 0 Å². The lowest BCUT2D eigenvalue weighted by molar-refractivity contribution is 0.0367. The van der Waals surface area contributed by atoms with Gasteiger partial charge in [0.25, 0.3) is 0 Å². The standard InChI is InChI=1S/C22H33N3O2/c1-2-23-22(24-15-21(26)17-27-16-20-8-9-20)25-12-10-19(11-13-25)14-18-6-4-3-5-7-18/h3-7,14,20-21,26H,2,8-13,15-17H2,1H3,(H,23,24). The van der Waals surface area contributed by atoms with E-state index in [1.165, 1.54) is 24.0 Å². The zero-order chi connectivity index (χ0) is 18.9. The Hall–Kier alpha value is -1.85. The van der Waals surface area contributed by atoms with E-state index in [4.69, 9.17) is 4.74 Å². The molecular formula is C22H33N3O2. The van der Waals surface area contributed by atoms with Gasteiger partial charge in [-0.15, -0.1) is 0 Å². The van der Waals surface area contributed by atoms with Crippen LogP contribution in [-0.2, 0) is 4.74 Å². The van der Waals surface area contributed by atoms with Crippen LogP contribution in [0.2, 0.25) is 0 Å². The monoisotopic (exact) mass is 371 g/mol. The summed E-state index contributed by atoms with van der Waals surface area (Å²) in [5, 5.41) is 13.5. The first-order valence-electron chi connectivity index (χ1n) is 10.3. The highest BCUT2D eigenvalue weighted by Gasteiger charge is 2.22. The molecule has 0 radical (unpaired) electrons. The highest BCUT2D eigenvalue weighted by molar-refractivity contribution is 5.80. The van der Waals surface area contributed by atoms with E-state index in [1.54, 1.807) is 0 Å². The molecule has 1 aliphatic carbocycles. The zero-order valence-electron chi connectivity index (χ0n) is 16.4. The molecule has 2 N–H and O–H groups in total. The Kier molecular flexibility index (Phi) is 7.72. The third-order valence-corrected chi connectivity index (χ3v) is 5.02. The van der Waals surface area contributed by atoms with Gasteiger partial charge >= 0.3 is 0 Å². The minimum absolute atomic E-state index is 0.378. The first-order valence-corrected chi connectivity index (χ1v) is 10.3. The zero-order valence-corrected chi connectivity index (χ0v) is 16.4. The van der Waals surface area contributed by atoms with Crippen molar-refractivity contribution >= 4 is 12.0 Å². The fraction of sp³-hybridized carbons (Fsp3) is 0.591. The molecule has 1 aliphatic heterocycles. The molecule has 148 valence electrons. The summed E-state index contributed by atoms with van der Waals surface area (Å²) in [7, 11) is 0. The van der Waals surface area contributed by atoms with Gasteiger partial charge in [0.15, 0.2) is 5.96 Å². The summed E-state index contributed by atoms with van der Waals surface area (Å²) in [5.74, 6) is 1.63. The van der Waals surface area contributed by atoms with Gasteiger partial charge in [-0.25, -0.2) is 0 Å². The number of rotatable bonds is 8. The van der Waals surface area contributed by atoms with Crippen molar-refractivity contribution in [2.24, 2.45) is 10.9 Å². The van der Waals surface area contributed by atoms with Crippen molar-refractivity contribution < 1.29 is 9.84 Å². The Balaban J connectivity index is 1.47. The number of guanidine groups is 1. The lowest BCUT2D eigenvalue weighted by Gasteiger charge is -2.31. The number of hydrogen-bond acceptors (Lipinski definition) is 3. The molecule has 0 aromatic heterocycles. The predicted molar refractivity (Wildman–Crippen MR) is 111 cm³/mol. The van der Waals surface area contributed by atoms with Gasteiger partial charge < -0.3 is 20.1 Å². The van der Waals surface area contributed by atoms with E-state index in [9.17, 15) is 5.11 Å². The lowest BCUT2D eigenvalue weighted by atomic mass is 10.0. The number of aliphatic hydroxyl groups excluding tert-OH is 1. The van der Waals surface area contributed by atoms with Crippen molar-refractivity contribution in [3.63, 3.8) is 0 Å². The number of hydrogen-bond donors (Lipinski definition) is 2. The smallest absolute Gasteiger partial charge is 0.194 e. The Labute approximate surface area is 163 Å². The minimum Gasteiger partial charge on any atom is -0.389 e. The van der Waals surface area contributed by atoms with Crippen LogP contribution in [0.5, 0.6) is 0 Å². The minimum atomic E-state index is -0.532. The fourth-order valence-electron chi connectivity index (χ4n) is 3.26. The first-order chi connectivity index (χ1) is 13.2. The second kappa shape index (κ2) is 10.5. The van der Waals surface area contributed by atoms with Crippen molar-refractivity contribution in [1.29, 1.82) is 0 Å². The molecule has 1 saturated heterocycles. The van der Waals surface area contributed by atoms with Crippen LogP contribution in [0.3, 0.4) is 0 Å². The first kappa shape index (κ1) is 19.9. The molecule has 27 heavy (non-hydrogen) atoms. The van der Waals surface area contributed by atoms with Crippen LogP contribution in [0.15, 0.2) is 40.9 Å². The molecule has 1 atom stereocenters. The second-order valence-electron chi connectivity index (χ2n) is 7.53. The van der Waals surface area contributed by atoms with Crippen molar-refractivity contribution in [1.82, 2.24) is 10.2 Å². The third-order valence-electron chi connectivity index (χ3n) is 5.02. The predicted octanol–water partition coefficient (Wildman–Crippen LogP) is 2.92. The highest BCUT2D eigenvalue weighted by atomic mass is 16.5. The Morgan fingerprint density at radius 3 is 2.70 bits per heavy atom. The lowest BCUT2D eigenvalue weighted by Crippen LogP contribution is -2.45. The van der Waals surface area contributed by atoms with E-state index >= 15 is 0 Å².